The maximum absolute atomic E-state index is 12.9. The van der Waals surface area contributed by atoms with E-state index in [2.05, 4.69) is 15.9 Å². The first kappa shape index (κ1) is 17.8. The summed E-state index contributed by atoms with van der Waals surface area (Å²) in [4.78, 5) is 24.1. The number of amides is 1. The van der Waals surface area contributed by atoms with Gasteiger partial charge >= 0.3 is 12.1 Å². The Morgan fingerprint density at radius 1 is 1.22 bits per heavy atom. The van der Waals surface area contributed by atoms with Gasteiger partial charge in [0.05, 0.1) is 11.8 Å². The van der Waals surface area contributed by atoms with Crippen molar-refractivity contribution in [3.05, 3.63) is 34.3 Å². The molecule has 4 nitrogen and oxygen atoms in total. The molecule has 1 aromatic rings. The molecule has 0 spiro atoms. The number of carboxylic acid groups (broad SMARTS) is 1. The number of carbonyl (C=O) groups is 2. The first-order valence-corrected chi connectivity index (χ1v) is 7.79. The van der Waals surface area contributed by atoms with Gasteiger partial charge in [-0.2, -0.15) is 13.2 Å². The highest BCUT2D eigenvalue weighted by atomic mass is 79.9. The van der Waals surface area contributed by atoms with Crippen LogP contribution in [0, 0.1) is 11.8 Å². The van der Waals surface area contributed by atoms with Crippen LogP contribution in [0.1, 0.15) is 12.0 Å². The lowest BCUT2D eigenvalue weighted by atomic mass is 9.96. The maximum Gasteiger partial charge on any atom is 0.394 e. The molecule has 1 aliphatic rings. The fourth-order valence-electron chi connectivity index (χ4n) is 2.65. The number of rotatable bonds is 4. The van der Waals surface area contributed by atoms with E-state index in [1.54, 1.807) is 0 Å². The Morgan fingerprint density at radius 2 is 1.83 bits per heavy atom. The smallest absolute Gasteiger partial charge is 0.394 e. The minimum absolute atomic E-state index is 0.0541. The van der Waals surface area contributed by atoms with Gasteiger partial charge in [0.25, 0.3) is 0 Å². The van der Waals surface area contributed by atoms with Gasteiger partial charge in [0.2, 0.25) is 5.91 Å². The van der Waals surface area contributed by atoms with Crippen molar-refractivity contribution in [1.82, 2.24) is 4.90 Å². The summed E-state index contributed by atoms with van der Waals surface area (Å²) in [5.74, 6) is -5.57. The van der Waals surface area contributed by atoms with Gasteiger partial charge in [-0.1, -0.05) is 28.1 Å². The van der Waals surface area contributed by atoms with Crippen molar-refractivity contribution in [2.45, 2.75) is 19.0 Å². The highest BCUT2D eigenvalue weighted by Gasteiger charge is 2.53. The normalized spacial score (nSPS) is 21.5. The molecule has 0 aliphatic carbocycles. The Morgan fingerprint density at radius 3 is 2.30 bits per heavy atom. The lowest BCUT2D eigenvalue weighted by Crippen LogP contribution is -2.34. The van der Waals surface area contributed by atoms with E-state index in [0.717, 1.165) is 14.9 Å². The van der Waals surface area contributed by atoms with Crippen molar-refractivity contribution >= 4 is 27.8 Å². The number of benzene rings is 1. The molecule has 1 fully saturated rings. The molecule has 1 saturated heterocycles. The predicted octanol–water partition coefficient (Wildman–Crippen LogP) is 3.10. The highest BCUT2D eigenvalue weighted by molar-refractivity contribution is 9.10. The molecular weight excluding hydrogens is 379 g/mol. The summed E-state index contributed by atoms with van der Waals surface area (Å²) in [5.41, 5.74) is 0.892. The summed E-state index contributed by atoms with van der Waals surface area (Å²) in [6.07, 6.45) is -4.17. The number of aliphatic carboxylic acids is 1. The van der Waals surface area contributed by atoms with Gasteiger partial charge in [0, 0.05) is 24.0 Å². The lowest BCUT2D eigenvalue weighted by molar-refractivity contribution is -0.188. The number of carbonyl (C=O) groups excluding carboxylic acids is 1. The standard InChI is InChI=1S/C15H15BrF3NO3/c16-10-4-1-9(2-5-10)3-6-13(21)20-7-11(14(22)23)12(8-20)15(17,18)19/h1-2,4-5,11-12H,3,6-8H2,(H,22,23)/t11-,12-/m1/s1. The number of hydrogen-bond donors (Lipinski definition) is 1. The Labute approximate surface area is 139 Å². The Hall–Kier alpha value is -1.57. The summed E-state index contributed by atoms with van der Waals surface area (Å²) in [7, 11) is 0. The molecule has 126 valence electrons. The van der Waals surface area contributed by atoms with E-state index < -0.39 is 43.0 Å². The second-order valence-electron chi connectivity index (χ2n) is 5.52. The van der Waals surface area contributed by atoms with Crippen molar-refractivity contribution in [3.63, 3.8) is 0 Å². The average Bonchev–Trinajstić information content (AvgIpc) is 2.92. The predicted molar refractivity (Wildman–Crippen MR) is 79.7 cm³/mol. The van der Waals surface area contributed by atoms with Crippen LogP contribution in [0.4, 0.5) is 13.2 Å². The van der Waals surface area contributed by atoms with Gasteiger partial charge in [-0.25, -0.2) is 0 Å². The van der Waals surface area contributed by atoms with Crippen LogP contribution in [0.3, 0.4) is 0 Å². The second kappa shape index (κ2) is 6.90. The number of nitrogens with zero attached hydrogens (tertiary/aromatic N) is 1. The Kier molecular flexibility index (Phi) is 5.33. The molecule has 1 aliphatic heterocycles. The second-order valence-corrected chi connectivity index (χ2v) is 6.43. The zero-order valence-electron chi connectivity index (χ0n) is 12.0. The maximum atomic E-state index is 12.9. The number of alkyl halides is 3. The minimum atomic E-state index is -4.62. The molecule has 0 unspecified atom stereocenters. The van der Waals surface area contributed by atoms with Crippen LogP contribution in [-0.4, -0.2) is 41.1 Å². The molecule has 0 bridgehead atoms. The molecule has 1 N–H and O–H groups in total. The molecular formula is C15H15BrF3NO3. The summed E-state index contributed by atoms with van der Waals surface area (Å²) in [6.45, 7) is -0.974. The fraction of sp³-hybridized carbons (Fsp3) is 0.467. The van der Waals surface area contributed by atoms with E-state index >= 15 is 0 Å². The lowest BCUT2D eigenvalue weighted by Gasteiger charge is -2.18. The van der Waals surface area contributed by atoms with Crippen LogP contribution in [0.15, 0.2) is 28.7 Å². The van der Waals surface area contributed by atoms with Crippen molar-refractivity contribution in [3.8, 4) is 0 Å². The topological polar surface area (TPSA) is 57.6 Å². The molecule has 23 heavy (non-hydrogen) atoms. The van der Waals surface area contributed by atoms with E-state index in [0.29, 0.717) is 6.42 Å². The largest absolute Gasteiger partial charge is 0.481 e. The Bertz CT molecular complexity index is 589. The molecule has 8 heteroatoms. The number of hydrogen-bond acceptors (Lipinski definition) is 2. The van der Waals surface area contributed by atoms with Crippen molar-refractivity contribution < 1.29 is 27.9 Å². The van der Waals surface area contributed by atoms with Gasteiger partial charge in [0.15, 0.2) is 0 Å². The molecule has 1 amide bonds. The summed E-state index contributed by atoms with van der Waals surface area (Å²) in [6, 6.07) is 7.27. The third kappa shape index (κ3) is 4.46. The molecule has 1 aromatic carbocycles. The quantitative estimate of drug-likeness (QED) is 0.854. The minimum Gasteiger partial charge on any atom is -0.481 e. The van der Waals surface area contributed by atoms with Crippen LogP contribution in [0.5, 0.6) is 0 Å². The van der Waals surface area contributed by atoms with Crippen molar-refractivity contribution in [2.75, 3.05) is 13.1 Å². The van der Waals surface area contributed by atoms with Crippen LogP contribution in [0.2, 0.25) is 0 Å². The van der Waals surface area contributed by atoms with Crippen molar-refractivity contribution in [1.29, 1.82) is 0 Å². The summed E-state index contributed by atoms with van der Waals surface area (Å²) >= 11 is 3.29. The first-order valence-electron chi connectivity index (χ1n) is 7.00. The number of carboxylic acids is 1. The van der Waals surface area contributed by atoms with Gasteiger partial charge in [-0.15, -0.1) is 0 Å². The van der Waals surface area contributed by atoms with Crippen molar-refractivity contribution in [2.24, 2.45) is 11.8 Å². The zero-order valence-corrected chi connectivity index (χ0v) is 13.6. The average molecular weight is 394 g/mol. The van der Waals surface area contributed by atoms with Gasteiger partial charge in [-0.3, -0.25) is 9.59 Å². The number of aryl methyl sites for hydroxylation is 1. The number of likely N-dealkylation sites (tertiary alicyclic amines) is 1. The van der Waals surface area contributed by atoms with Crippen LogP contribution >= 0.6 is 15.9 Å². The molecule has 1 heterocycles. The first-order chi connectivity index (χ1) is 10.7. The van der Waals surface area contributed by atoms with E-state index in [4.69, 9.17) is 5.11 Å². The third-order valence-corrected chi connectivity index (χ3v) is 4.48. The molecule has 2 atom stereocenters. The van der Waals surface area contributed by atoms with Crippen LogP contribution in [0.25, 0.3) is 0 Å². The summed E-state index contributed by atoms with van der Waals surface area (Å²) < 4.78 is 39.6. The molecule has 2 rings (SSSR count). The molecule has 0 saturated carbocycles. The van der Waals surface area contributed by atoms with Gasteiger partial charge < -0.3 is 10.0 Å². The van der Waals surface area contributed by atoms with Crippen LogP contribution < -0.4 is 0 Å². The Balaban J connectivity index is 1.97. The third-order valence-electron chi connectivity index (χ3n) is 3.95. The van der Waals surface area contributed by atoms with Gasteiger partial charge in [-0.05, 0) is 24.1 Å². The monoisotopic (exact) mass is 393 g/mol. The SMILES string of the molecule is O=C(O)[C@@H]1CN(C(=O)CCc2ccc(Br)cc2)C[C@H]1C(F)(F)F. The van der Waals surface area contributed by atoms with Crippen LogP contribution in [-0.2, 0) is 16.0 Å². The molecule has 0 radical (unpaired) electrons. The fourth-order valence-corrected chi connectivity index (χ4v) is 2.91. The van der Waals surface area contributed by atoms with E-state index in [-0.39, 0.29) is 6.42 Å². The molecule has 0 aromatic heterocycles. The van der Waals surface area contributed by atoms with Gasteiger partial charge in [0.1, 0.15) is 0 Å². The summed E-state index contributed by atoms with van der Waals surface area (Å²) in [5, 5.41) is 8.94. The highest BCUT2D eigenvalue weighted by Crippen LogP contribution is 2.37. The van der Waals surface area contributed by atoms with E-state index in [1.807, 2.05) is 24.3 Å². The van der Waals surface area contributed by atoms with E-state index in [1.165, 1.54) is 0 Å². The number of halogens is 4. The van der Waals surface area contributed by atoms with E-state index in [9.17, 15) is 22.8 Å². The zero-order chi connectivity index (χ0) is 17.2.